The molecule has 1 aliphatic rings. The second kappa shape index (κ2) is 4.58. The number of hydrogen-bond acceptors (Lipinski definition) is 7. The predicted octanol–water partition coefficient (Wildman–Crippen LogP) is -1.59. The minimum absolute atomic E-state index is 0.0478. The van der Waals surface area contributed by atoms with Crippen molar-refractivity contribution in [3.63, 3.8) is 0 Å². The van der Waals surface area contributed by atoms with E-state index in [0.29, 0.717) is 5.82 Å². The Hall–Kier alpha value is -1.91. The average Bonchev–Trinajstić information content (AvgIpc) is 2.93. The molecule has 1 fully saturated rings. The lowest BCUT2D eigenvalue weighted by Crippen LogP contribution is -2.30. The maximum Gasteiger partial charge on any atom is 0.281 e. The molecule has 0 aliphatic carbocycles. The molecule has 0 unspecified atom stereocenters. The Labute approximate surface area is 111 Å². The van der Waals surface area contributed by atoms with Gasteiger partial charge < -0.3 is 19.9 Å². The Kier molecular flexibility index (Phi) is 3.00. The molecule has 0 aromatic carbocycles. The summed E-state index contributed by atoms with van der Waals surface area (Å²) in [5.41, 5.74) is -0.482. The highest BCUT2D eigenvalue weighted by Gasteiger charge is 2.46. The van der Waals surface area contributed by atoms with E-state index in [9.17, 15) is 14.3 Å². The fourth-order valence-corrected chi connectivity index (χ4v) is 2.17. The summed E-state index contributed by atoms with van der Waals surface area (Å²) < 4.78 is 20.2. The molecule has 2 aromatic rings. The van der Waals surface area contributed by atoms with Gasteiger partial charge in [-0.1, -0.05) is 5.21 Å². The van der Waals surface area contributed by atoms with Crippen LogP contribution in [0.4, 0.5) is 4.39 Å². The van der Waals surface area contributed by atoms with E-state index < -0.39 is 36.8 Å². The van der Waals surface area contributed by atoms with Crippen LogP contribution in [0.5, 0.6) is 0 Å². The smallest absolute Gasteiger partial charge is 0.281 e. The van der Waals surface area contributed by atoms with E-state index in [2.05, 4.69) is 20.3 Å². The molecular formula is C10H12FN5O4. The molecule has 0 amide bonds. The number of alkyl halides is 1. The lowest BCUT2D eigenvalue weighted by Gasteiger charge is -2.12. The third-order valence-electron chi connectivity index (χ3n) is 3.17. The normalized spacial score (nSPS) is 30.2. The molecule has 3 heterocycles. The first-order valence-electron chi connectivity index (χ1n) is 5.93. The molecule has 108 valence electrons. The first-order valence-corrected chi connectivity index (χ1v) is 5.93. The standard InChI is InChI=1S/C10H12FN5O4/c1-3-12-8-6(9(19)13-3)14-15-16(8)10-5(11)7(18)4(2-17)20-10/h4-5,7,10,17-18H,2H2,1H3,(H,12,13,19)/t4-,5+,7-,10-/m1/s1. The van der Waals surface area contributed by atoms with Crippen LogP contribution < -0.4 is 5.56 Å². The number of aliphatic hydroxyl groups excluding tert-OH is 2. The molecule has 0 bridgehead atoms. The van der Waals surface area contributed by atoms with Gasteiger partial charge in [-0.25, -0.2) is 9.37 Å². The van der Waals surface area contributed by atoms with Crippen LogP contribution in [0, 0.1) is 6.92 Å². The van der Waals surface area contributed by atoms with E-state index >= 15 is 0 Å². The first-order chi connectivity index (χ1) is 9.52. The molecule has 20 heavy (non-hydrogen) atoms. The van der Waals surface area contributed by atoms with E-state index in [1.165, 1.54) is 0 Å². The topological polar surface area (TPSA) is 126 Å². The van der Waals surface area contributed by atoms with Gasteiger partial charge in [-0.3, -0.25) is 4.79 Å². The zero-order valence-electron chi connectivity index (χ0n) is 10.4. The summed E-state index contributed by atoms with van der Waals surface area (Å²) in [4.78, 5) is 18.2. The summed E-state index contributed by atoms with van der Waals surface area (Å²) in [5.74, 6) is 0.318. The summed E-state index contributed by atoms with van der Waals surface area (Å²) >= 11 is 0. The summed E-state index contributed by atoms with van der Waals surface area (Å²) in [5, 5.41) is 25.9. The maximum atomic E-state index is 14.0. The van der Waals surface area contributed by atoms with Crippen molar-refractivity contribution in [2.24, 2.45) is 0 Å². The molecule has 4 atom stereocenters. The van der Waals surface area contributed by atoms with Gasteiger partial charge in [-0.15, -0.1) is 5.10 Å². The SMILES string of the molecule is Cc1nc2c(nnn2[C@@H]2O[C@H](CO)[C@@H](O)[C@@H]2F)c(=O)[nH]1. The fraction of sp³-hybridized carbons (Fsp3) is 0.600. The minimum Gasteiger partial charge on any atom is -0.394 e. The molecule has 0 radical (unpaired) electrons. The number of ether oxygens (including phenoxy) is 1. The van der Waals surface area contributed by atoms with Crippen molar-refractivity contribution in [2.45, 2.75) is 31.5 Å². The van der Waals surface area contributed by atoms with Crippen molar-refractivity contribution in [3.8, 4) is 0 Å². The number of H-pyrrole nitrogens is 1. The Balaban J connectivity index is 2.09. The number of hydrogen-bond donors (Lipinski definition) is 3. The third-order valence-corrected chi connectivity index (χ3v) is 3.17. The number of aliphatic hydroxyl groups is 2. The fourth-order valence-electron chi connectivity index (χ4n) is 2.17. The number of fused-ring (bicyclic) bond motifs is 1. The van der Waals surface area contributed by atoms with Crippen molar-refractivity contribution < 1.29 is 19.3 Å². The van der Waals surface area contributed by atoms with Crippen molar-refractivity contribution in [3.05, 3.63) is 16.2 Å². The second-order valence-corrected chi connectivity index (χ2v) is 4.54. The van der Waals surface area contributed by atoms with E-state index in [1.54, 1.807) is 6.92 Å². The number of rotatable bonds is 2. The summed E-state index contributed by atoms with van der Waals surface area (Å²) in [6.07, 6.45) is -5.64. The summed E-state index contributed by atoms with van der Waals surface area (Å²) in [7, 11) is 0. The molecule has 2 aromatic heterocycles. The van der Waals surface area contributed by atoms with Gasteiger partial charge in [-0.2, -0.15) is 4.68 Å². The Bertz CT molecular complexity index is 701. The number of halogens is 1. The van der Waals surface area contributed by atoms with Crippen molar-refractivity contribution in [2.75, 3.05) is 6.61 Å². The molecule has 0 saturated carbocycles. The Morgan fingerprint density at radius 1 is 1.55 bits per heavy atom. The zero-order valence-corrected chi connectivity index (χ0v) is 10.4. The lowest BCUT2D eigenvalue weighted by atomic mass is 10.1. The molecule has 10 heteroatoms. The number of nitrogens with one attached hydrogen (secondary N) is 1. The molecule has 3 rings (SSSR count). The predicted molar refractivity (Wildman–Crippen MR) is 62.6 cm³/mol. The van der Waals surface area contributed by atoms with Gasteiger partial charge in [0.2, 0.25) is 0 Å². The van der Waals surface area contributed by atoms with Crippen molar-refractivity contribution >= 4 is 11.2 Å². The minimum atomic E-state index is -1.81. The highest BCUT2D eigenvalue weighted by Crippen LogP contribution is 2.32. The highest BCUT2D eigenvalue weighted by molar-refractivity contribution is 5.68. The van der Waals surface area contributed by atoms with Gasteiger partial charge in [0, 0.05) is 0 Å². The number of aromatic amines is 1. The Morgan fingerprint density at radius 2 is 2.30 bits per heavy atom. The van der Waals surface area contributed by atoms with Gasteiger partial charge in [-0.05, 0) is 6.92 Å². The van der Waals surface area contributed by atoms with E-state index in [-0.39, 0.29) is 11.2 Å². The van der Waals surface area contributed by atoms with Gasteiger partial charge in [0.15, 0.2) is 23.6 Å². The first kappa shape index (κ1) is 13.1. The second-order valence-electron chi connectivity index (χ2n) is 4.54. The number of aromatic nitrogens is 5. The maximum absolute atomic E-state index is 14.0. The molecule has 9 nitrogen and oxygen atoms in total. The van der Waals surface area contributed by atoms with Gasteiger partial charge in [0.25, 0.3) is 5.56 Å². The van der Waals surface area contributed by atoms with Gasteiger partial charge in [0.05, 0.1) is 6.61 Å². The molecule has 3 N–H and O–H groups in total. The number of nitrogens with zero attached hydrogens (tertiary/aromatic N) is 4. The molecule has 1 aliphatic heterocycles. The quantitative estimate of drug-likeness (QED) is 0.607. The van der Waals surface area contributed by atoms with Crippen LogP contribution in [0.15, 0.2) is 4.79 Å². The summed E-state index contributed by atoms with van der Waals surface area (Å²) in [6.45, 7) is 1.03. The van der Waals surface area contributed by atoms with Crippen LogP contribution in [0.2, 0.25) is 0 Å². The van der Waals surface area contributed by atoms with E-state index in [4.69, 9.17) is 9.84 Å². The van der Waals surface area contributed by atoms with E-state index in [0.717, 1.165) is 4.68 Å². The van der Waals surface area contributed by atoms with Crippen LogP contribution in [0.25, 0.3) is 11.2 Å². The van der Waals surface area contributed by atoms with Crippen molar-refractivity contribution in [1.82, 2.24) is 25.0 Å². The van der Waals surface area contributed by atoms with Crippen LogP contribution in [0.1, 0.15) is 12.1 Å². The molecule has 1 saturated heterocycles. The molecular weight excluding hydrogens is 273 g/mol. The largest absolute Gasteiger partial charge is 0.394 e. The van der Waals surface area contributed by atoms with Crippen LogP contribution in [0.3, 0.4) is 0 Å². The lowest BCUT2D eigenvalue weighted by molar-refractivity contribution is -0.0512. The Morgan fingerprint density at radius 3 is 2.95 bits per heavy atom. The van der Waals surface area contributed by atoms with Crippen LogP contribution in [-0.4, -0.2) is 60.2 Å². The van der Waals surface area contributed by atoms with Crippen LogP contribution in [-0.2, 0) is 4.74 Å². The average molecular weight is 285 g/mol. The number of aryl methyl sites for hydroxylation is 1. The van der Waals surface area contributed by atoms with Crippen molar-refractivity contribution in [1.29, 1.82) is 0 Å². The van der Waals surface area contributed by atoms with E-state index in [1.807, 2.05) is 0 Å². The molecule has 0 spiro atoms. The van der Waals surface area contributed by atoms with Gasteiger partial charge in [0.1, 0.15) is 18.0 Å². The van der Waals surface area contributed by atoms with Crippen LogP contribution >= 0.6 is 0 Å². The zero-order chi connectivity index (χ0) is 14.4. The highest BCUT2D eigenvalue weighted by atomic mass is 19.1. The monoisotopic (exact) mass is 285 g/mol. The summed E-state index contributed by atoms with van der Waals surface area (Å²) in [6, 6.07) is 0. The van der Waals surface area contributed by atoms with Gasteiger partial charge >= 0.3 is 0 Å². The third kappa shape index (κ3) is 1.80.